The number of hydrogen-bond donors (Lipinski definition) is 1. The van der Waals surface area contributed by atoms with E-state index in [0.29, 0.717) is 11.3 Å². The number of carbonyl (C=O) groups excluding carboxylic acids is 2. The minimum Gasteiger partial charge on any atom is -0.375 e. The third kappa shape index (κ3) is 2.53. The van der Waals surface area contributed by atoms with Crippen LogP contribution in [0.3, 0.4) is 0 Å². The van der Waals surface area contributed by atoms with Crippen molar-refractivity contribution in [1.29, 1.82) is 0 Å². The van der Waals surface area contributed by atoms with Crippen LogP contribution in [0, 0.1) is 5.82 Å². The molecular weight excluding hydrogens is 309 g/mol. The molecule has 0 aliphatic carbocycles. The van der Waals surface area contributed by atoms with E-state index in [-0.39, 0.29) is 12.1 Å². The van der Waals surface area contributed by atoms with Crippen LogP contribution in [0.2, 0.25) is 0 Å². The third-order valence-electron chi connectivity index (χ3n) is 4.13. The van der Waals surface area contributed by atoms with Crippen molar-refractivity contribution in [3.05, 3.63) is 78.1 Å². The van der Waals surface area contributed by atoms with E-state index in [1.807, 2.05) is 0 Å². The van der Waals surface area contributed by atoms with Gasteiger partial charge in [0.2, 0.25) is 0 Å². The summed E-state index contributed by atoms with van der Waals surface area (Å²) in [6.45, 7) is 3.86. The Morgan fingerprint density at radius 3 is 2.54 bits per heavy atom. The highest BCUT2D eigenvalue weighted by molar-refractivity contribution is 6.10. The molecule has 1 aliphatic rings. The molecule has 1 N–H and O–H groups in total. The van der Waals surface area contributed by atoms with Gasteiger partial charge in [-0.2, -0.15) is 0 Å². The molecular formula is C19H16FNO3. The fraction of sp³-hybridized carbons (Fsp3) is 0.158. The van der Waals surface area contributed by atoms with Gasteiger partial charge in [-0.3, -0.25) is 9.59 Å². The van der Waals surface area contributed by atoms with Gasteiger partial charge in [-0.15, -0.1) is 6.58 Å². The summed E-state index contributed by atoms with van der Waals surface area (Å²) in [6.07, 6.45) is 1.16. The summed E-state index contributed by atoms with van der Waals surface area (Å²) in [5, 5.41) is 11.0. The number of aliphatic hydroxyl groups is 1. The van der Waals surface area contributed by atoms with Gasteiger partial charge in [0, 0.05) is 17.7 Å². The molecule has 1 heterocycles. The maximum absolute atomic E-state index is 13.0. The second-order valence-corrected chi connectivity index (χ2v) is 5.69. The molecule has 122 valence electrons. The molecule has 3 rings (SSSR count). The zero-order valence-corrected chi connectivity index (χ0v) is 12.9. The number of para-hydroxylation sites is 1. The first-order valence-electron chi connectivity index (χ1n) is 7.51. The number of halogens is 1. The molecule has 1 atom stereocenters. The summed E-state index contributed by atoms with van der Waals surface area (Å²) >= 11 is 0. The summed E-state index contributed by atoms with van der Waals surface area (Å²) in [5.41, 5.74) is -0.716. The van der Waals surface area contributed by atoms with E-state index in [1.165, 1.54) is 29.2 Å². The average Bonchev–Trinajstić information content (AvgIpc) is 2.78. The topological polar surface area (TPSA) is 57.6 Å². The first kappa shape index (κ1) is 16.1. The van der Waals surface area contributed by atoms with Gasteiger partial charge in [0.1, 0.15) is 5.82 Å². The molecule has 0 fully saturated rings. The third-order valence-corrected chi connectivity index (χ3v) is 4.13. The predicted octanol–water partition coefficient (Wildman–Crippen LogP) is 2.82. The number of ketones is 1. The highest BCUT2D eigenvalue weighted by Crippen LogP contribution is 2.42. The number of Topliss-reactive ketones (excluding diaryl/α,β-unsaturated/α-hetero) is 1. The monoisotopic (exact) mass is 325 g/mol. The Balaban J connectivity index is 1.97. The van der Waals surface area contributed by atoms with E-state index in [9.17, 15) is 19.1 Å². The molecule has 4 nitrogen and oxygen atoms in total. The molecule has 1 amide bonds. The molecule has 1 aliphatic heterocycles. The molecule has 2 aromatic rings. The summed E-state index contributed by atoms with van der Waals surface area (Å²) in [5.74, 6) is -1.44. The molecule has 5 heteroatoms. The van der Waals surface area contributed by atoms with E-state index in [4.69, 9.17) is 0 Å². The number of carbonyl (C=O) groups is 2. The van der Waals surface area contributed by atoms with Crippen molar-refractivity contribution in [3.8, 4) is 0 Å². The van der Waals surface area contributed by atoms with Gasteiger partial charge in [0.05, 0.1) is 12.1 Å². The van der Waals surface area contributed by atoms with Gasteiger partial charge in [-0.05, 0) is 30.3 Å². The first-order chi connectivity index (χ1) is 11.5. The molecule has 24 heavy (non-hydrogen) atoms. The van der Waals surface area contributed by atoms with Crippen LogP contribution in [0.1, 0.15) is 22.3 Å². The second kappa shape index (κ2) is 6.02. The van der Waals surface area contributed by atoms with Crippen molar-refractivity contribution >= 4 is 17.4 Å². The molecule has 2 aromatic carbocycles. The SMILES string of the molecule is C=CCN1C(=O)C(O)(CC(=O)c2ccc(F)cc2)c2ccccc21. The van der Waals surface area contributed by atoms with Crippen LogP contribution < -0.4 is 4.90 Å². The lowest BCUT2D eigenvalue weighted by molar-refractivity contribution is -0.135. The fourth-order valence-corrected chi connectivity index (χ4v) is 2.96. The number of rotatable bonds is 5. The summed E-state index contributed by atoms with van der Waals surface area (Å²) in [4.78, 5) is 26.6. The minimum absolute atomic E-state index is 0.239. The molecule has 0 bridgehead atoms. The number of hydrogen-bond acceptors (Lipinski definition) is 3. The molecule has 0 aromatic heterocycles. The van der Waals surface area contributed by atoms with Crippen LogP contribution in [-0.4, -0.2) is 23.3 Å². The zero-order chi connectivity index (χ0) is 17.3. The quantitative estimate of drug-likeness (QED) is 0.679. The van der Waals surface area contributed by atoms with Crippen molar-refractivity contribution in [1.82, 2.24) is 0 Å². The lowest BCUT2D eigenvalue weighted by Crippen LogP contribution is -2.41. The van der Waals surface area contributed by atoms with Gasteiger partial charge in [-0.1, -0.05) is 24.3 Å². The predicted molar refractivity (Wildman–Crippen MR) is 88.2 cm³/mol. The molecule has 0 saturated heterocycles. The maximum Gasteiger partial charge on any atom is 0.264 e. The van der Waals surface area contributed by atoms with E-state index in [1.54, 1.807) is 30.3 Å². The largest absolute Gasteiger partial charge is 0.375 e. The van der Waals surface area contributed by atoms with Crippen molar-refractivity contribution in [2.24, 2.45) is 0 Å². The fourth-order valence-electron chi connectivity index (χ4n) is 2.96. The number of fused-ring (bicyclic) bond motifs is 1. The molecule has 0 saturated carbocycles. The highest BCUT2D eigenvalue weighted by Gasteiger charge is 2.50. The Bertz CT molecular complexity index is 816. The van der Waals surface area contributed by atoms with E-state index in [2.05, 4.69) is 6.58 Å². The van der Waals surface area contributed by atoms with Crippen LogP contribution in [0.25, 0.3) is 0 Å². The van der Waals surface area contributed by atoms with Crippen LogP contribution in [0.15, 0.2) is 61.2 Å². The van der Waals surface area contributed by atoms with Gasteiger partial charge in [0.25, 0.3) is 5.91 Å². The van der Waals surface area contributed by atoms with Crippen LogP contribution in [0.5, 0.6) is 0 Å². The maximum atomic E-state index is 13.0. The highest BCUT2D eigenvalue weighted by atomic mass is 19.1. The smallest absolute Gasteiger partial charge is 0.264 e. The van der Waals surface area contributed by atoms with Crippen molar-refractivity contribution < 1.29 is 19.1 Å². The van der Waals surface area contributed by atoms with Gasteiger partial charge in [-0.25, -0.2) is 4.39 Å². The number of anilines is 1. The van der Waals surface area contributed by atoms with Gasteiger partial charge >= 0.3 is 0 Å². The Morgan fingerprint density at radius 1 is 1.21 bits per heavy atom. The van der Waals surface area contributed by atoms with E-state index >= 15 is 0 Å². The summed E-state index contributed by atoms with van der Waals surface area (Å²) in [6, 6.07) is 11.8. The van der Waals surface area contributed by atoms with Crippen LogP contribution in [-0.2, 0) is 10.4 Å². The lowest BCUT2D eigenvalue weighted by atomic mass is 9.88. The number of benzene rings is 2. The van der Waals surface area contributed by atoms with Crippen LogP contribution in [0.4, 0.5) is 10.1 Å². The molecule has 0 spiro atoms. The second-order valence-electron chi connectivity index (χ2n) is 5.69. The number of amides is 1. The van der Waals surface area contributed by atoms with E-state index < -0.39 is 29.5 Å². The van der Waals surface area contributed by atoms with Gasteiger partial charge in [0.15, 0.2) is 11.4 Å². The minimum atomic E-state index is -1.93. The first-order valence-corrected chi connectivity index (χ1v) is 7.51. The Labute approximate surface area is 138 Å². The Kier molecular flexibility index (Phi) is 4.03. The van der Waals surface area contributed by atoms with Crippen molar-refractivity contribution in [2.75, 3.05) is 11.4 Å². The van der Waals surface area contributed by atoms with E-state index in [0.717, 1.165) is 0 Å². The average molecular weight is 325 g/mol. The Morgan fingerprint density at radius 2 is 1.88 bits per heavy atom. The molecule has 1 unspecified atom stereocenters. The lowest BCUT2D eigenvalue weighted by Gasteiger charge is -2.22. The van der Waals surface area contributed by atoms with Crippen molar-refractivity contribution in [2.45, 2.75) is 12.0 Å². The standard InChI is InChI=1S/C19H16FNO3/c1-2-11-21-16-6-4-3-5-15(16)19(24,18(21)23)12-17(22)13-7-9-14(20)10-8-13/h2-10,24H,1,11-12H2. The summed E-state index contributed by atoms with van der Waals surface area (Å²) < 4.78 is 13.0. The Hall–Kier alpha value is -2.79. The summed E-state index contributed by atoms with van der Waals surface area (Å²) in [7, 11) is 0. The van der Waals surface area contributed by atoms with Gasteiger partial charge < -0.3 is 10.0 Å². The molecule has 0 radical (unpaired) electrons. The van der Waals surface area contributed by atoms with Crippen LogP contribution >= 0.6 is 0 Å². The number of nitrogens with zero attached hydrogens (tertiary/aromatic N) is 1. The zero-order valence-electron chi connectivity index (χ0n) is 12.9. The van der Waals surface area contributed by atoms with Crippen molar-refractivity contribution in [3.63, 3.8) is 0 Å². The normalized spacial score (nSPS) is 19.2.